The summed E-state index contributed by atoms with van der Waals surface area (Å²) in [7, 11) is 1.68. The van der Waals surface area contributed by atoms with E-state index in [4.69, 9.17) is 4.74 Å². The van der Waals surface area contributed by atoms with Crippen molar-refractivity contribution in [3.05, 3.63) is 78.1 Å². The molecule has 1 aromatic heterocycles. The molecule has 178 valence electrons. The highest BCUT2D eigenvalue weighted by atomic mass is 16.5. The summed E-state index contributed by atoms with van der Waals surface area (Å²) in [6.07, 6.45) is 19.1. The summed E-state index contributed by atoms with van der Waals surface area (Å²) in [5.74, 6) is 0.827. The van der Waals surface area contributed by atoms with Gasteiger partial charge in [-0.2, -0.15) is 0 Å². The summed E-state index contributed by atoms with van der Waals surface area (Å²) in [5.41, 5.74) is 3.68. The average Bonchev–Trinajstić information content (AvgIpc) is 2.85. The van der Waals surface area contributed by atoms with Gasteiger partial charge in [-0.1, -0.05) is 63.5 Å². The SMILES string of the molecule is CCCCCC/C(=C\C=C\C(=O)N[C@H](CC)CCCc1cccnc1)c1ccc(OC)cc1. The monoisotopic (exact) mass is 448 g/mol. The van der Waals surface area contributed by atoms with Crippen LogP contribution in [0, 0.1) is 0 Å². The van der Waals surface area contributed by atoms with Crippen LogP contribution in [0.25, 0.3) is 5.57 Å². The highest BCUT2D eigenvalue weighted by Crippen LogP contribution is 2.24. The van der Waals surface area contributed by atoms with Crippen molar-refractivity contribution in [3.63, 3.8) is 0 Å². The Morgan fingerprint density at radius 2 is 1.91 bits per heavy atom. The number of allylic oxidation sites excluding steroid dienone is 3. The summed E-state index contributed by atoms with van der Waals surface area (Å²) >= 11 is 0. The van der Waals surface area contributed by atoms with Gasteiger partial charge in [0.15, 0.2) is 0 Å². The molecule has 0 saturated carbocycles. The number of methoxy groups -OCH3 is 1. The predicted molar refractivity (Wildman–Crippen MR) is 138 cm³/mol. The largest absolute Gasteiger partial charge is 0.497 e. The van der Waals surface area contributed by atoms with E-state index in [2.05, 4.69) is 48.4 Å². The lowest BCUT2D eigenvalue weighted by Crippen LogP contribution is -2.33. The molecule has 33 heavy (non-hydrogen) atoms. The zero-order chi connectivity index (χ0) is 23.7. The lowest BCUT2D eigenvalue weighted by atomic mass is 9.98. The van der Waals surface area contributed by atoms with Crippen LogP contribution in [0.5, 0.6) is 5.75 Å². The number of hydrogen-bond acceptors (Lipinski definition) is 3. The quantitative estimate of drug-likeness (QED) is 0.183. The Morgan fingerprint density at radius 1 is 1.09 bits per heavy atom. The van der Waals surface area contributed by atoms with Crippen LogP contribution >= 0.6 is 0 Å². The van der Waals surface area contributed by atoms with E-state index >= 15 is 0 Å². The molecule has 1 heterocycles. The van der Waals surface area contributed by atoms with Crippen molar-refractivity contribution < 1.29 is 9.53 Å². The normalized spacial score (nSPS) is 12.6. The van der Waals surface area contributed by atoms with Crippen LogP contribution in [0.15, 0.2) is 67.0 Å². The Balaban J connectivity index is 1.91. The van der Waals surface area contributed by atoms with Crippen LogP contribution in [0.1, 0.15) is 76.3 Å². The number of aromatic nitrogens is 1. The third kappa shape index (κ3) is 10.5. The molecule has 2 rings (SSSR count). The molecule has 0 spiro atoms. The van der Waals surface area contributed by atoms with Gasteiger partial charge in [-0.25, -0.2) is 0 Å². The number of aryl methyl sites for hydroxylation is 1. The molecule has 0 unspecified atom stereocenters. The average molecular weight is 449 g/mol. The second-order valence-corrected chi connectivity index (χ2v) is 8.46. The van der Waals surface area contributed by atoms with Gasteiger partial charge in [-0.3, -0.25) is 9.78 Å². The van der Waals surface area contributed by atoms with Crippen LogP contribution in [0.2, 0.25) is 0 Å². The molecular formula is C29H40N2O2. The molecule has 1 amide bonds. The first-order valence-electron chi connectivity index (χ1n) is 12.4. The molecule has 0 fully saturated rings. The Kier molecular flexibility index (Phi) is 12.7. The van der Waals surface area contributed by atoms with Gasteiger partial charge in [0.2, 0.25) is 5.91 Å². The molecule has 0 bridgehead atoms. The van der Waals surface area contributed by atoms with E-state index in [-0.39, 0.29) is 11.9 Å². The summed E-state index contributed by atoms with van der Waals surface area (Å²) in [4.78, 5) is 16.7. The first kappa shape index (κ1) is 26.4. The molecule has 4 nitrogen and oxygen atoms in total. The maximum atomic E-state index is 12.5. The van der Waals surface area contributed by atoms with Gasteiger partial charge in [0.25, 0.3) is 0 Å². The first-order chi connectivity index (χ1) is 16.2. The van der Waals surface area contributed by atoms with E-state index in [9.17, 15) is 4.79 Å². The Hall–Kier alpha value is -2.88. The van der Waals surface area contributed by atoms with Crippen LogP contribution in [-0.2, 0) is 11.2 Å². The molecule has 2 aromatic rings. The lowest BCUT2D eigenvalue weighted by Gasteiger charge is -2.15. The van der Waals surface area contributed by atoms with E-state index in [0.29, 0.717) is 0 Å². The topological polar surface area (TPSA) is 51.2 Å². The predicted octanol–water partition coefficient (Wildman–Crippen LogP) is 6.92. The van der Waals surface area contributed by atoms with Gasteiger partial charge in [0.1, 0.15) is 5.75 Å². The number of nitrogens with one attached hydrogen (secondary N) is 1. The van der Waals surface area contributed by atoms with E-state index in [1.165, 1.54) is 36.0 Å². The van der Waals surface area contributed by atoms with Crippen LogP contribution in [0.4, 0.5) is 0 Å². The summed E-state index contributed by atoms with van der Waals surface area (Å²) in [5, 5.41) is 3.15. The standard InChI is InChI=1S/C29H40N2O2/c1-4-6-7-8-14-25(26-18-20-28(33-3)21-19-26)15-10-17-29(32)31-27(5-2)16-9-12-24-13-11-22-30-23-24/h10-11,13,15,17-23,27H,4-9,12,14,16H2,1-3H3,(H,31,32)/b17-10+,25-15+/t27-/m1/s1. The summed E-state index contributed by atoms with van der Waals surface area (Å²) in [6.45, 7) is 4.35. The molecule has 0 aliphatic carbocycles. The van der Waals surface area contributed by atoms with Crippen molar-refractivity contribution >= 4 is 11.5 Å². The maximum absolute atomic E-state index is 12.5. The second kappa shape index (κ2) is 15.8. The smallest absolute Gasteiger partial charge is 0.244 e. The second-order valence-electron chi connectivity index (χ2n) is 8.46. The van der Waals surface area contributed by atoms with E-state index in [1.807, 2.05) is 30.5 Å². The fraction of sp³-hybridized carbons (Fsp3) is 0.448. The van der Waals surface area contributed by atoms with Crippen molar-refractivity contribution in [2.45, 2.75) is 77.7 Å². The first-order valence-corrected chi connectivity index (χ1v) is 12.4. The number of carbonyl (C=O) groups excluding carboxylic acids is 1. The van der Waals surface area contributed by atoms with Crippen molar-refractivity contribution in [2.24, 2.45) is 0 Å². The molecule has 4 heteroatoms. The fourth-order valence-electron chi connectivity index (χ4n) is 3.85. The highest BCUT2D eigenvalue weighted by Gasteiger charge is 2.08. The van der Waals surface area contributed by atoms with Crippen molar-refractivity contribution in [1.82, 2.24) is 10.3 Å². The Morgan fingerprint density at radius 3 is 2.58 bits per heavy atom. The number of hydrogen-bond donors (Lipinski definition) is 1. The number of benzene rings is 1. The molecule has 1 atom stereocenters. The minimum atomic E-state index is -0.0282. The number of nitrogens with zero attached hydrogens (tertiary/aromatic N) is 1. The molecule has 0 radical (unpaired) electrons. The molecule has 0 aliphatic heterocycles. The minimum absolute atomic E-state index is 0.0282. The molecular weight excluding hydrogens is 408 g/mol. The Bertz CT molecular complexity index is 857. The molecule has 1 N–H and O–H groups in total. The van der Waals surface area contributed by atoms with Crippen LogP contribution in [-0.4, -0.2) is 24.0 Å². The van der Waals surface area contributed by atoms with Crippen LogP contribution in [0.3, 0.4) is 0 Å². The van der Waals surface area contributed by atoms with Gasteiger partial charge < -0.3 is 10.1 Å². The lowest BCUT2D eigenvalue weighted by molar-refractivity contribution is -0.117. The summed E-state index contributed by atoms with van der Waals surface area (Å²) in [6, 6.07) is 12.4. The zero-order valence-corrected chi connectivity index (χ0v) is 20.6. The van der Waals surface area contributed by atoms with Crippen molar-refractivity contribution in [1.29, 1.82) is 0 Å². The number of unbranched alkanes of at least 4 members (excludes halogenated alkanes) is 3. The summed E-state index contributed by atoms with van der Waals surface area (Å²) < 4.78 is 5.29. The number of pyridine rings is 1. The van der Waals surface area contributed by atoms with Gasteiger partial charge in [0, 0.05) is 24.5 Å². The number of amides is 1. The third-order valence-corrected chi connectivity index (χ3v) is 5.89. The van der Waals surface area contributed by atoms with Gasteiger partial charge in [-0.15, -0.1) is 0 Å². The molecule has 0 saturated heterocycles. The van der Waals surface area contributed by atoms with Crippen LogP contribution < -0.4 is 10.1 Å². The maximum Gasteiger partial charge on any atom is 0.244 e. The fourth-order valence-corrected chi connectivity index (χ4v) is 3.85. The molecule has 1 aromatic carbocycles. The van der Waals surface area contributed by atoms with Gasteiger partial charge in [-0.05, 0) is 73.4 Å². The van der Waals surface area contributed by atoms with Gasteiger partial charge in [0.05, 0.1) is 7.11 Å². The third-order valence-electron chi connectivity index (χ3n) is 5.89. The number of rotatable bonds is 15. The zero-order valence-electron chi connectivity index (χ0n) is 20.6. The van der Waals surface area contributed by atoms with Gasteiger partial charge >= 0.3 is 0 Å². The number of carbonyl (C=O) groups is 1. The highest BCUT2D eigenvalue weighted by molar-refractivity contribution is 5.88. The van der Waals surface area contributed by atoms with Crippen molar-refractivity contribution in [3.8, 4) is 5.75 Å². The minimum Gasteiger partial charge on any atom is -0.497 e. The van der Waals surface area contributed by atoms with E-state index in [1.54, 1.807) is 19.4 Å². The Labute approximate surface area is 200 Å². The molecule has 0 aliphatic rings. The van der Waals surface area contributed by atoms with Crippen molar-refractivity contribution in [2.75, 3.05) is 7.11 Å². The van der Waals surface area contributed by atoms with E-state index in [0.717, 1.165) is 44.3 Å². The number of ether oxygens (including phenoxy) is 1. The van der Waals surface area contributed by atoms with E-state index < -0.39 is 0 Å².